The fourth-order valence-electron chi connectivity index (χ4n) is 5.32. The average Bonchev–Trinajstić information content (AvgIpc) is 3.25. The summed E-state index contributed by atoms with van der Waals surface area (Å²) in [6.45, 7) is 1.17. The van der Waals surface area contributed by atoms with Gasteiger partial charge in [0.25, 0.3) is 0 Å². The summed E-state index contributed by atoms with van der Waals surface area (Å²) >= 11 is 3.30. The molecule has 1 saturated heterocycles. The number of hydrogen-bond donors (Lipinski definition) is 3. The Hall–Kier alpha value is 0.644. The van der Waals surface area contributed by atoms with Crippen LogP contribution in [-0.2, 0) is 80.3 Å². The molecule has 0 saturated carbocycles. The predicted octanol–water partition coefficient (Wildman–Crippen LogP) is -9.50. The zero-order chi connectivity index (χ0) is 44.9. The molecule has 2 aromatic heterocycles. The summed E-state index contributed by atoms with van der Waals surface area (Å²) in [6.07, 6.45) is 2.94. The number of aromatic nitrogens is 4. The molecule has 4 N–H and O–H groups in total. The van der Waals surface area contributed by atoms with Gasteiger partial charge in [-0.15, -0.1) is 14.4 Å². The zero-order valence-electron chi connectivity index (χ0n) is 35.3. The van der Waals surface area contributed by atoms with Crippen molar-refractivity contribution in [2.75, 3.05) is 53.8 Å². The molecule has 0 atom stereocenters. The van der Waals surface area contributed by atoms with Gasteiger partial charge in [0.15, 0.2) is 27.9 Å². The third-order valence-corrected chi connectivity index (χ3v) is 11.6. The number of hydrogen-bond acceptors (Lipinski definition) is 24. The van der Waals surface area contributed by atoms with E-state index >= 15 is 0 Å². The molecular weight excluding hydrogens is 1330 g/mol. The van der Waals surface area contributed by atoms with Gasteiger partial charge >= 0.3 is 147 Å². The van der Waals surface area contributed by atoms with Crippen molar-refractivity contribution in [2.24, 2.45) is 16.0 Å². The van der Waals surface area contributed by atoms with Gasteiger partial charge in [0.1, 0.15) is 15.8 Å². The second kappa shape index (κ2) is 33.5. The third kappa shape index (κ3) is 20.1. The Kier molecular flexibility index (Phi) is 33.8. The molecule has 345 valence electrons. The number of carbonyl (C=O) groups excluding carboxylic acids is 1. The smallest absolute Gasteiger partial charge is 1.00 e. The second-order valence-corrected chi connectivity index (χ2v) is 23.3. The number of aromatic hydroxyl groups is 1. The van der Waals surface area contributed by atoms with Gasteiger partial charge < -0.3 is 53.3 Å². The molecule has 0 bridgehead atoms. The minimum absolute atomic E-state index is 0. The Balaban J connectivity index is 0.00000530. The first kappa shape index (κ1) is 67.6. The van der Waals surface area contributed by atoms with Gasteiger partial charge in [-0.2, -0.15) is 9.45 Å². The Morgan fingerprint density at radius 1 is 1.00 bits per heavy atom. The van der Waals surface area contributed by atoms with Gasteiger partial charge in [0.05, 0.1) is 76.1 Å². The van der Waals surface area contributed by atoms with Gasteiger partial charge in [-0.25, -0.2) is 21.4 Å². The van der Waals surface area contributed by atoms with Crippen molar-refractivity contribution in [2.45, 2.75) is 14.7 Å². The number of benzene rings is 3. The van der Waals surface area contributed by atoms with E-state index in [0.717, 1.165) is 12.1 Å². The molecule has 1 aliphatic rings. The van der Waals surface area contributed by atoms with E-state index in [4.69, 9.17) is 14.7 Å². The first-order valence-corrected chi connectivity index (χ1v) is 30.5. The molecule has 1 amide bonds. The van der Waals surface area contributed by atoms with Crippen LogP contribution in [0.4, 0.5) is 29.0 Å². The number of phenols is 1. The van der Waals surface area contributed by atoms with Crippen LogP contribution < -0.4 is 132 Å². The van der Waals surface area contributed by atoms with Gasteiger partial charge in [-0.05, 0) is 70.0 Å². The maximum atomic E-state index is 12.7. The van der Waals surface area contributed by atoms with Crippen LogP contribution in [0.15, 0.2) is 91.9 Å². The number of nitrogens with two attached hydrogens (primary N) is 1. The van der Waals surface area contributed by atoms with Gasteiger partial charge in [0.2, 0.25) is 5.91 Å². The Labute approximate surface area is 509 Å². The van der Waals surface area contributed by atoms with Crippen LogP contribution in [0.2, 0.25) is 0 Å². The van der Waals surface area contributed by atoms with Crippen molar-refractivity contribution in [1.29, 1.82) is 0 Å². The number of amides is 1. The van der Waals surface area contributed by atoms with Gasteiger partial charge in [0, 0.05) is 56.7 Å². The van der Waals surface area contributed by atoms with Crippen molar-refractivity contribution in [3.63, 3.8) is 0 Å². The largest absolute Gasteiger partial charge is 1.00 e. The first-order chi connectivity index (χ1) is 29.7. The van der Waals surface area contributed by atoms with E-state index in [9.17, 15) is 41.8 Å². The van der Waals surface area contributed by atoms with E-state index in [2.05, 4.69) is 72.8 Å². The number of primary amides is 1. The number of anilines is 3. The van der Waals surface area contributed by atoms with Crippen LogP contribution in [0, 0.1) is 0 Å². The fraction of sp³-hybridized carbons (Fsp3) is 0.219. The maximum absolute atomic E-state index is 12.7. The van der Waals surface area contributed by atoms with E-state index in [1.807, 2.05) is 0 Å². The van der Waals surface area contributed by atoms with Crippen LogP contribution in [-0.4, -0.2) is 90.9 Å². The molecule has 3 aromatic carbocycles. The molecule has 5 aromatic rings. The van der Waals surface area contributed by atoms with E-state index < -0.39 is 42.3 Å². The van der Waals surface area contributed by atoms with E-state index in [-0.39, 0.29) is 226 Å². The van der Waals surface area contributed by atoms with Crippen molar-refractivity contribution in [1.82, 2.24) is 15.0 Å². The average molecular weight is 1360 g/mol. The number of fused-ring (bicyclic) bond motifs is 1. The summed E-state index contributed by atoms with van der Waals surface area (Å²) in [5.41, 5.74) is 5.01. The van der Waals surface area contributed by atoms with Gasteiger partial charge in [-0.1, -0.05) is 0 Å². The van der Waals surface area contributed by atoms with Crippen molar-refractivity contribution < 1.29 is 208 Å². The maximum Gasteiger partial charge on any atom is 1.00 e. The number of halogens is 3. The molecular formula is C32H31ClI2N9Na3O15S4Y. The van der Waals surface area contributed by atoms with Crippen LogP contribution >= 0.6 is 60.2 Å². The van der Waals surface area contributed by atoms with E-state index in [1.54, 1.807) is 4.90 Å². The molecule has 3 heterocycles. The number of phenolic OH excluding ortho intramolecular Hbond substituents is 1. The van der Waals surface area contributed by atoms with Crippen LogP contribution in [0.1, 0.15) is 10.4 Å². The zero-order valence-corrected chi connectivity index (χ0v) is 52.7. The molecule has 0 spiro atoms. The second-order valence-electron chi connectivity index (χ2n) is 11.8. The minimum atomic E-state index is -5.24. The topological polar surface area (TPSA) is 339 Å². The monoisotopic (exact) mass is 1360 g/mol. The summed E-state index contributed by atoms with van der Waals surface area (Å²) < 4.78 is 83.2. The third-order valence-electron chi connectivity index (χ3n) is 8.07. The molecule has 1 aliphatic heterocycles. The van der Waals surface area contributed by atoms with Gasteiger partial charge in [-0.3, -0.25) is 19.1 Å². The molecule has 35 heteroatoms. The Morgan fingerprint density at radius 3 is 2.21 bits per heavy atom. The summed E-state index contributed by atoms with van der Waals surface area (Å²) in [5.74, 6) is -1.81. The van der Waals surface area contributed by atoms with E-state index in [0.29, 0.717) is 43.5 Å². The molecule has 0 aliphatic carbocycles. The Bertz CT molecular complexity index is 2630. The molecule has 24 nitrogen and oxygen atoms in total. The normalized spacial score (nSPS) is 12.3. The SMILES string of the molecule is C[IH]I.NC(=O)c1cc[n+](-c2nc(Nc3cc4c(O)c(N=Nc5ccc(S(=O)(=O)CCOSOO[O-])cc5)c(SOO[O-])cc4cc3S(=O)(=O)[O-])nc(N3CCOCC3)n2)cc1.[Cl-].[Na+].[Na+].[Na+].[Y]. The van der Waals surface area contributed by atoms with Crippen molar-refractivity contribution in [3.05, 3.63) is 72.6 Å². The molecule has 0 unspecified atom stereocenters. The van der Waals surface area contributed by atoms with Crippen molar-refractivity contribution in [3.8, 4) is 11.7 Å². The number of rotatable bonds is 18. The summed E-state index contributed by atoms with van der Waals surface area (Å²) in [4.78, 5) is 28.0. The number of pyridine rings is 1. The molecule has 67 heavy (non-hydrogen) atoms. The van der Waals surface area contributed by atoms with Crippen LogP contribution in [0.5, 0.6) is 5.75 Å². The predicted molar refractivity (Wildman–Crippen MR) is 232 cm³/mol. The first-order valence-electron chi connectivity index (χ1n) is 16.9. The quantitative estimate of drug-likeness (QED) is 0.00701. The number of nitrogens with zero attached hydrogens (tertiary/aromatic N) is 7. The number of ether oxygens (including phenoxy) is 1. The molecule has 1 radical (unpaired) electrons. The summed E-state index contributed by atoms with van der Waals surface area (Å²) in [5, 5.41) is 49.4. The number of carbonyl (C=O) groups is 1. The number of alkyl halides is 1. The van der Waals surface area contributed by atoms with E-state index in [1.165, 1.54) is 59.4 Å². The van der Waals surface area contributed by atoms with Crippen LogP contribution in [0.3, 0.4) is 0 Å². The molecule has 6 rings (SSSR count). The standard InChI is InChI=1S/C31H29N9O15S4.CH4I2.ClH.3Na.Y/c32-28(42)18-5-7-39(8-6-18)30-34-29(35-31(36-30)40-9-11-50-12-10-40)33-23-17-22-19(16-25(23)59(47,48)49)15-24(56-54-52-43)26(27(22)41)38-37-20-1-3-21(4-2-20)58(45,46)14-13-51-57-55-53-44;1-3-2;;;;;/h1-8,15-17H,9-14,32H2,(H4,42,43,44,47,48,49);3H,1H3;1H;;;;/q;;;3*+1;/p-3. The number of nitrogens with one attached hydrogen (secondary N) is 1. The van der Waals surface area contributed by atoms with Crippen molar-refractivity contribution >= 4 is 126 Å². The number of azo groups is 1. The van der Waals surface area contributed by atoms with Crippen LogP contribution in [0.25, 0.3) is 16.7 Å². The Morgan fingerprint density at radius 2 is 1.63 bits per heavy atom. The summed E-state index contributed by atoms with van der Waals surface area (Å²) in [6, 6.07) is 11.2. The molecule has 1 fully saturated rings. The number of morpholine rings is 1. The minimum Gasteiger partial charge on any atom is -1.00 e. The fourth-order valence-corrected chi connectivity index (χ4v) is 7.87. The summed E-state index contributed by atoms with van der Waals surface area (Å²) in [7, 11) is -9.09. The number of sulfone groups is 1.